The molecule has 0 unspecified atom stereocenters. The number of fused-ring (bicyclic) bond motifs is 1. The van der Waals surface area contributed by atoms with Gasteiger partial charge >= 0.3 is 0 Å². The average Bonchev–Trinajstić information content (AvgIpc) is 3.15. The molecule has 0 aliphatic carbocycles. The highest BCUT2D eigenvalue weighted by atomic mass is 35.5. The number of benzene rings is 2. The van der Waals surface area contributed by atoms with Crippen molar-refractivity contribution >= 4 is 29.0 Å². The smallest absolute Gasteiger partial charge is 0.274 e. The number of carbonyl (C=O) groups excluding carboxylic acids is 1. The van der Waals surface area contributed by atoms with Crippen LogP contribution in [0.4, 0.5) is 5.69 Å². The van der Waals surface area contributed by atoms with Gasteiger partial charge in [-0.1, -0.05) is 17.7 Å². The van der Waals surface area contributed by atoms with Crippen LogP contribution in [0.3, 0.4) is 0 Å². The van der Waals surface area contributed by atoms with E-state index >= 15 is 0 Å². The summed E-state index contributed by atoms with van der Waals surface area (Å²) in [5.74, 6) is 0.983. The lowest BCUT2D eigenvalue weighted by Crippen LogP contribution is -2.31. The topological polar surface area (TPSA) is 92.6 Å². The molecule has 2 aromatic carbocycles. The van der Waals surface area contributed by atoms with E-state index in [0.29, 0.717) is 33.5 Å². The van der Waals surface area contributed by atoms with E-state index in [-0.39, 0.29) is 23.8 Å². The maximum Gasteiger partial charge on any atom is 0.274 e. The number of nitrogens with zero attached hydrogens (tertiary/aromatic N) is 4. The molecule has 0 fully saturated rings. The average molecular weight is 424 g/mol. The number of rotatable bonds is 5. The van der Waals surface area contributed by atoms with E-state index in [1.54, 1.807) is 67.5 Å². The van der Waals surface area contributed by atoms with Crippen LogP contribution < -0.4 is 15.2 Å². The minimum Gasteiger partial charge on any atom is -0.497 e. The molecule has 1 N–H and O–H groups in total. The summed E-state index contributed by atoms with van der Waals surface area (Å²) in [7, 11) is 1.54. The fourth-order valence-corrected chi connectivity index (χ4v) is 3.20. The summed E-state index contributed by atoms with van der Waals surface area (Å²) in [6, 6.07) is 15.2. The van der Waals surface area contributed by atoms with Crippen molar-refractivity contribution < 1.29 is 9.53 Å². The Balaban J connectivity index is 1.75. The second-order valence-corrected chi connectivity index (χ2v) is 7.08. The molecular weight excluding hydrogens is 406 g/mol. The maximum atomic E-state index is 13.4. The van der Waals surface area contributed by atoms with Gasteiger partial charge in [-0.3, -0.25) is 14.7 Å². The Kier molecular flexibility index (Phi) is 5.24. The van der Waals surface area contributed by atoms with Gasteiger partial charge in [0.25, 0.3) is 17.2 Å². The Bertz CT molecular complexity index is 1280. The second-order valence-electron chi connectivity index (χ2n) is 6.64. The van der Waals surface area contributed by atoms with Crippen molar-refractivity contribution in [2.75, 3.05) is 12.0 Å². The standard InChI is InChI=1S/C21H18ClN5O3/c1-13-10-19(28)27-21(23-13)24-18(25-27)12-26(16-8-6-15(22)7-9-16)20(29)14-4-3-5-17(11-14)30-2/h3-11H,12H2,1-2H3,(H,23,24,25). The first kappa shape index (κ1) is 19.7. The zero-order valence-corrected chi connectivity index (χ0v) is 17.1. The maximum absolute atomic E-state index is 13.4. The van der Waals surface area contributed by atoms with Gasteiger partial charge in [0.1, 0.15) is 11.6 Å². The number of nitrogens with one attached hydrogen (secondary N) is 1. The van der Waals surface area contributed by atoms with Crippen LogP contribution in [-0.4, -0.2) is 32.6 Å². The number of H-pyrrole nitrogens is 1. The molecule has 0 radical (unpaired) electrons. The molecule has 4 rings (SSSR count). The Morgan fingerprint density at radius 3 is 2.67 bits per heavy atom. The van der Waals surface area contributed by atoms with Gasteiger partial charge in [0.15, 0.2) is 0 Å². The first-order valence-electron chi connectivity index (χ1n) is 9.11. The molecule has 0 bridgehead atoms. The third-order valence-electron chi connectivity index (χ3n) is 4.51. The molecule has 0 aliphatic heterocycles. The van der Waals surface area contributed by atoms with Crippen LogP contribution in [0, 0.1) is 6.92 Å². The molecule has 2 aromatic heterocycles. The van der Waals surface area contributed by atoms with Crippen LogP contribution in [-0.2, 0) is 6.54 Å². The number of hydrogen-bond donors (Lipinski definition) is 1. The predicted octanol–water partition coefficient (Wildman–Crippen LogP) is 3.24. The molecule has 1 amide bonds. The van der Waals surface area contributed by atoms with E-state index in [2.05, 4.69) is 15.1 Å². The number of hydrogen-bond acceptors (Lipinski definition) is 5. The molecule has 4 aromatic rings. The van der Waals surface area contributed by atoms with Crippen molar-refractivity contribution in [2.24, 2.45) is 0 Å². The fraction of sp³-hybridized carbons (Fsp3) is 0.143. The first-order valence-corrected chi connectivity index (χ1v) is 9.49. The Morgan fingerprint density at radius 2 is 1.93 bits per heavy atom. The van der Waals surface area contributed by atoms with Crippen LogP contribution >= 0.6 is 11.6 Å². The number of aromatic amines is 1. The highest BCUT2D eigenvalue weighted by molar-refractivity contribution is 6.30. The third-order valence-corrected chi connectivity index (χ3v) is 4.76. The Morgan fingerprint density at radius 1 is 1.17 bits per heavy atom. The number of aromatic nitrogens is 4. The number of ether oxygens (including phenoxy) is 1. The van der Waals surface area contributed by atoms with Crippen molar-refractivity contribution in [3.8, 4) is 5.75 Å². The van der Waals surface area contributed by atoms with Crippen molar-refractivity contribution in [1.29, 1.82) is 0 Å². The van der Waals surface area contributed by atoms with Gasteiger partial charge in [-0.15, -0.1) is 0 Å². The van der Waals surface area contributed by atoms with Gasteiger partial charge in [-0.25, -0.2) is 4.98 Å². The first-order chi connectivity index (χ1) is 14.4. The van der Waals surface area contributed by atoms with E-state index in [0.717, 1.165) is 0 Å². The van der Waals surface area contributed by atoms with Crippen LogP contribution in [0.25, 0.3) is 5.78 Å². The molecule has 8 nitrogen and oxygen atoms in total. The lowest BCUT2D eigenvalue weighted by molar-refractivity contribution is 0.0984. The van der Waals surface area contributed by atoms with Crippen LogP contribution in [0.2, 0.25) is 5.02 Å². The zero-order valence-electron chi connectivity index (χ0n) is 16.3. The zero-order chi connectivity index (χ0) is 21.3. The van der Waals surface area contributed by atoms with Gasteiger partial charge in [0.2, 0.25) is 0 Å². The van der Waals surface area contributed by atoms with Crippen molar-refractivity contribution in [3.05, 3.63) is 87.1 Å². The number of anilines is 1. The van der Waals surface area contributed by atoms with Crippen molar-refractivity contribution in [1.82, 2.24) is 19.6 Å². The van der Waals surface area contributed by atoms with Gasteiger partial charge in [0, 0.05) is 28.0 Å². The molecule has 9 heteroatoms. The number of carbonyl (C=O) groups is 1. The molecule has 30 heavy (non-hydrogen) atoms. The van der Waals surface area contributed by atoms with Crippen LogP contribution in [0.5, 0.6) is 5.75 Å². The quantitative estimate of drug-likeness (QED) is 0.532. The third kappa shape index (κ3) is 3.90. The normalized spacial score (nSPS) is 10.9. The van der Waals surface area contributed by atoms with Gasteiger partial charge < -0.3 is 9.64 Å². The number of methoxy groups -OCH3 is 1. The lowest BCUT2D eigenvalue weighted by atomic mass is 10.1. The summed E-state index contributed by atoms with van der Waals surface area (Å²) in [6.07, 6.45) is 0. The molecule has 0 aliphatic rings. The summed E-state index contributed by atoms with van der Waals surface area (Å²) in [6.45, 7) is 1.82. The Labute approximate surface area is 176 Å². The van der Waals surface area contributed by atoms with Crippen molar-refractivity contribution in [3.63, 3.8) is 0 Å². The highest BCUT2D eigenvalue weighted by Gasteiger charge is 2.21. The SMILES string of the molecule is COc1cccc(C(=O)N(Cc2nc3nc(C)cc(=O)n3[nH]2)c2ccc(Cl)cc2)c1. The molecule has 0 saturated heterocycles. The van der Waals surface area contributed by atoms with E-state index < -0.39 is 0 Å². The van der Waals surface area contributed by atoms with Crippen LogP contribution in [0.1, 0.15) is 21.9 Å². The molecule has 152 valence electrons. The number of aryl methyl sites for hydroxylation is 1. The molecule has 0 atom stereocenters. The molecule has 0 saturated carbocycles. The minimum atomic E-state index is -0.270. The van der Waals surface area contributed by atoms with Gasteiger partial charge in [0.05, 0.1) is 13.7 Å². The molecule has 0 spiro atoms. The fourth-order valence-electron chi connectivity index (χ4n) is 3.07. The largest absolute Gasteiger partial charge is 0.497 e. The van der Waals surface area contributed by atoms with E-state index in [1.807, 2.05) is 0 Å². The Hall–Kier alpha value is -3.65. The predicted molar refractivity (Wildman–Crippen MR) is 113 cm³/mol. The number of halogens is 1. The van der Waals surface area contributed by atoms with Gasteiger partial charge in [-0.05, 0) is 49.4 Å². The second kappa shape index (κ2) is 8.00. The summed E-state index contributed by atoms with van der Waals surface area (Å²) < 4.78 is 6.48. The number of amides is 1. The van der Waals surface area contributed by atoms with Gasteiger partial charge in [-0.2, -0.15) is 9.50 Å². The molecule has 2 heterocycles. The van der Waals surface area contributed by atoms with E-state index in [1.165, 1.54) is 10.6 Å². The summed E-state index contributed by atoms with van der Waals surface area (Å²) in [5.41, 5.74) is 1.38. The summed E-state index contributed by atoms with van der Waals surface area (Å²) in [5, 5.41) is 3.48. The van der Waals surface area contributed by atoms with E-state index in [4.69, 9.17) is 16.3 Å². The lowest BCUT2D eigenvalue weighted by Gasteiger charge is -2.22. The highest BCUT2D eigenvalue weighted by Crippen LogP contribution is 2.23. The van der Waals surface area contributed by atoms with E-state index in [9.17, 15) is 9.59 Å². The molecular formula is C21H18ClN5O3. The minimum absolute atomic E-state index is 0.0967. The monoisotopic (exact) mass is 423 g/mol. The van der Waals surface area contributed by atoms with Crippen molar-refractivity contribution in [2.45, 2.75) is 13.5 Å². The summed E-state index contributed by atoms with van der Waals surface area (Å²) >= 11 is 6.01. The van der Waals surface area contributed by atoms with Crippen LogP contribution in [0.15, 0.2) is 59.4 Å². The summed E-state index contributed by atoms with van der Waals surface area (Å²) in [4.78, 5) is 35.7.